The van der Waals surface area contributed by atoms with E-state index in [4.69, 9.17) is 0 Å². The van der Waals surface area contributed by atoms with Crippen LogP contribution in [0.25, 0.3) is 10.8 Å². The van der Waals surface area contributed by atoms with E-state index >= 15 is 0 Å². The van der Waals surface area contributed by atoms with E-state index < -0.39 is 0 Å². The van der Waals surface area contributed by atoms with Crippen molar-refractivity contribution in [2.45, 2.75) is 43.8 Å². The molecule has 0 saturated carbocycles. The molecule has 0 aliphatic carbocycles. The fourth-order valence-electron chi connectivity index (χ4n) is 5.26. The highest BCUT2D eigenvalue weighted by molar-refractivity contribution is 6.26. The monoisotopic (exact) mass is 349 g/mol. The van der Waals surface area contributed by atoms with Crippen molar-refractivity contribution in [2.75, 3.05) is 19.4 Å². The van der Waals surface area contributed by atoms with Crippen LogP contribution in [0.2, 0.25) is 0 Å². The van der Waals surface area contributed by atoms with Gasteiger partial charge in [-0.25, -0.2) is 0 Å². The number of carbonyl (C=O) groups excluding carboxylic acids is 2. The molecule has 5 heteroatoms. The van der Waals surface area contributed by atoms with Gasteiger partial charge in [0.2, 0.25) is 0 Å². The predicted octanol–water partition coefficient (Wildman–Crippen LogP) is 3.10. The van der Waals surface area contributed by atoms with Gasteiger partial charge in [-0.3, -0.25) is 14.5 Å². The van der Waals surface area contributed by atoms with Gasteiger partial charge in [0.25, 0.3) is 11.8 Å². The van der Waals surface area contributed by atoms with E-state index in [2.05, 4.69) is 17.3 Å². The van der Waals surface area contributed by atoms with Crippen LogP contribution in [0.1, 0.15) is 46.4 Å². The van der Waals surface area contributed by atoms with Crippen molar-refractivity contribution in [2.24, 2.45) is 0 Å². The molecule has 2 aromatic carbocycles. The molecule has 5 nitrogen and oxygen atoms in total. The maximum Gasteiger partial charge on any atom is 0.261 e. The van der Waals surface area contributed by atoms with Gasteiger partial charge in [-0.1, -0.05) is 12.1 Å². The van der Waals surface area contributed by atoms with Gasteiger partial charge < -0.3 is 10.2 Å². The Labute approximate surface area is 153 Å². The number of rotatable bonds is 2. The molecule has 0 radical (unpaired) electrons. The third-order valence-corrected chi connectivity index (χ3v) is 6.65. The summed E-state index contributed by atoms with van der Waals surface area (Å²) in [4.78, 5) is 30.6. The number of amides is 2. The maximum atomic E-state index is 13.3. The van der Waals surface area contributed by atoms with E-state index in [9.17, 15) is 9.59 Å². The van der Waals surface area contributed by atoms with Gasteiger partial charge in [-0.05, 0) is 50.9 Å². The Bertz CT molecular complexity index is 902. The van der Waals surface area contributed by atoms with E-state index in [-0.39, 0.29) is 17.9 Å². The molecule has 0 aromatic heterocycles. The molecule has 2 saturated heterocycles. The number of nitrogens with zero attached hydrogens (tertiary/aromatic N) is 2. The van der Waals surface area contributed by atoms with Crippen molar-refractivity contribution in [1.82, 2.24) is 9.80 Å². The van der Waals surface area contributed by atoms with Crippen LogP contribution in [-0.2, 0) is 0 Å². The largest absolute Gasteiger partial charge is 0.388 e. The third-order valence-electron chi connectivity index (χ3n) is 6.65. The first kappa shape index (κ1) is 15.8. The minimum absolute atomic E-state index is 0.0103. The number of nitrogens with one attached hydrogen (secondary N) is 1. The lowest BCUT2D eigenvalue weighted by Crippen LogP contribution is -2.54. The molecule has 1 N–H and O–H groups in total. The van der Waals surface area contributed by atoms with E-state index in [1.807, 2.05) is 37.4 Å². The lowest BCUT2D eigenvalue weighted by molar-refractivity contribution is 0.0397. The topological polar surface area (TPSA) is 52.7 Å². The molecule has 2 bridgehead atoms. The summed E-state index contributed by atoms with van der Waals surface area (Å²) < 4.78 is 0. The van der Waals surface area contributed by atoms with Crippen LogP contribution in [0.15, 0.2) is 30.3 Å². The van der Waals surface area contributed by atoms with Crippen LogP contribution >= 0.6 is 0 Å². The number of hydrogen-bond donors (Lipinski definition) is 1. The second-order valence-corrected chi connectivity index (χ2v) is 7.79. The molecular weight excluding hydrogens is 326 g/mol. The summed E-state index contributed by atoms with van der Waals surface area (Å²) in [7, 11) is 4.03. The number of piperidine rings is 1. The molecule has 26 heavy (non-hydrogen) atoms. The summed E-state index contributed by atoms with van der Waals surface area (Å²) in [6.07, 6.45) is 4.13. The predicted molar refractivity (Wildman–Crippen MR) is 102 cm³/mol. The number of anilines is 1. The average Bonchev–Trinajstić information content (AvgIpc) is 2.86. The van der Waals surface area contributed by atoms with Gasteiger partial charge in [-0.15, -0.1) is 0 Å². The van der Waals surface area contributed by atoms with Crippen molar-refractivity contribution in [3.8, 4) is 0 Å². The zero-order chi connectivity index (χ0) is 18.0. The second kappa shape index (κ2) is 5.55. The van der Waals surface area contributed by atoms with Crippen LogP contribution in [0, 0.1) is 0 Å². The van der Waals surface area contributed by atoms with E-state index in [0.717, 1.165) is 29.3 Å². The van der Waals surface area contributed by atoms with E-state index in [1.54, 1.807) is 4.90 Å². The summed E-state index contributed by atoms with van der Waals surface area (Å²) in [5.41, 5.74) is 2.25. The molecule has 134 valence electrons. The summed E-state index contributed by atoms with van der Waals surface area (Å²) >= 11 is 0. The summed E-state index contributed by atoms with van der Waals surface area (Å²) in [5.74, 6) is -0.259. The number of fused-ring (bicyclic) bond motifs is 2. The summed E-state index contributed by atoms with van der Waals surface area (Å²) in [6, 6.07) is 10.5. The maximum absolute atomic E-state index is 13.3. The zero-order valence-electron chi connectivity index (χ0n) is 15.2. The van der Waals surface area contributed by atoms with Crippen LogP contribution in [0.5, 0.6) is 0 Å². The number of hydrogen-bond acceptors (Lipinski definition) is 4. The molecule has 3 heterocycles. The van der Waals surface area contributed by atoms with Gasteiger partial charge in [0.15, 0.2) is 0 Å². The number of benzene rings is 2. The van der Waals surface area contributed by atoms with Gasteiger partial charge in [0.05, 0.1) is 0 Å². The van der Waals surface area contributed by atoms with Crippen LogP contribution < -0.4 is 5.32 Å². The lowest BCUT2D eigenvalue weighted by atomic mass is 9.89. The lowest BCUT2D eigenvalue weighted by Gasteiger charge is -2.42. The number of imide groups is 1. The minimum atomic E-state index is -0.129. The van der Waals surface area contributed by atoms with Gasteiger partial charge >= 0.3 is 0 Å². The molecular formula is C21H23N3O2. The van der Waals surface area contributed by atoms with Crippen LogP contribution in [0.4, 0.5) is 5.69 Å². The van der Waals surface area contributed by atoms with E-state index in [0.29, 0.717) is 23.2 Å². The SMILES string of the molecule is CNc1ccc2c3c(cccc13)C(=O)N([C@H]1C[C@H]3CC[C@@H](C1)N3C)C2=O. The Morgan fingerprint density at radius 1 is 0.923 bits per heavy atom. The first-order valence-corrected chi connectivity index (χ1v) is 9.43. The molecule has 2 fully saturated rings. The molecule has 3 atom stereocenters. The molecule has 2 aromatic rings. The Morgan fingerprint density at radius 3 is 2.23 bits per heavy atom. The Balaban J connectivity index is 1.61. The molecule has 0 unspecified atom stereocenters. The first-order valence-electron chi connectivity index (χ1n) is 9.43. The first-order chi connectivity index (χ1) is 12.6. The Morgan fingerprint density at radius 2 is 1.58 bits per heavy atom. The Kier molecular flexibility index (Phi) is 3.38. The molecule has 0 spiro atoms. The second-order valence-electron chi connectivity index (χ2n) is 7.79. The van der Waals surface area contributed by atoms with Crippen molar-refractivity contribution in [3.05, 3.63) is 41.5 Å². The van der Waals surface area contributed by atoms with Crippen molar-refractivity contribution >= 4 is 28.3 Å². The van der Waals surface area contributed by atoms with Gasteiger partial charge in [0.1, 0.15) is 0 Å². The van der Waals surface area contributed by atoms with Crippen molar-refractivity contribution in [3.63, 3.8) is 0 Å². The fourth-order valence-corrected chi connectivity index (χ4v) is 5.26. The minimum Gasteiger partial charge on any atom is -0.388 e. The molecule has 2 amide bonds. The molecule has 5 rings (SSSR count). The number of carbonyl (C=O) groups is 2. The third kappa shape index (κ3) is 2.01. The summed E-state index contributed by atoms with van der Waals surface area (Å²) in [6.45, 7) is 0. The standard InChI is InChI=1S/C21H23N3O2/c1-22-18-9-8-17-19-15(18)4-3-5-16(19)20(25)24(21(17)26)14-10-12-6-7-13(11-14)23(12)2/h3-5,8-9,12-14,22H,6-7,10-11H2,1-2H3/t12-,13+,14+. The molecule has 3 aliphatic heterocycles. The average molecular weight is 349 g/mol. The highest BCUT2D eigenvalue weighted by Gasteiger charge is 2.45. The van der Waals surface area contributed by atoms with Crippen molar-refractivity contribution < 1.29 is 9.59 Å². The Hall–Kier alpha value is -2.40. The highest BCUT2D eigenvalue weighted by atomic mass is 16.2. The normalized spacial score (nSPS) is 28.1. The zero-order valence-corrected chi connectivity index (χ0v) is 15.2. The van der Waals surface area contributed by atoms with Gasteiger partial charge in [0, 0.05) is 52.8 Å². The van der Waals surface area contributed by atoms with Gasteiger partial charge in [-0.2, -0.15) is 0 Å². The van der Waals surface area contributed by atoms with Crippen LogP contribution in [0.3, 0.4) is 0 Å². The van der Waals surface area contributed by atoms with Crippen LogP contribution in [-0.4, -0.2) is 53.8 Å². The van der Waals surface area contributed by atoms with Crippen molar-refractivity contribution in [1.29, 1.82) is 0 Å². The smallest absolute Gasteiger partial charge is 0.261 e. The molecule has 3 aliphatic rings. The highest BCUT2D eigenvalue weighted by Crippen LogP contribution is 2.40. The van der Waals surface area contributed by atoms with E-state index in [1.165, 1.54) is 12.8 Å². The quantitative estimate of drug-likeness (QED) is 0.847. The fraction of sp³-hybridized carbons (Fsp3) is 0.429. The summed E-state index contributed by atoms with van der Waals surface area (Å²) in [5, 5.41) is 4.89.